The minimum atomic E-state index is 0.0807. The first kappa shape index (κ1) is 13.3. The number of ether oxygens (including phenoxy) is 1. The van der Waals surface area contributed by atoms with Gasteiger partial charge in [0.25, 0.3) is 5.56 Å². The quantitative estimate of drug-likeness (QED) is 0.790. The molecule has 0 unspecified atom stereocenters. The second-order valence-electron chi connectivity index (χ2n) is 5.24. The van der Waals surface area contributed by atoms with Gasteiger partial charge >= 0.3 is 0 Å². The highest BCUT2D eigenvalue weighted by atomic mass is 16.5. The van der Waals surface area contributed by atoms with Crippen molar-refractivity contribution in [3.8, 4) is 0 Å². The van der Waals surface area contributed by atoms with Crippen LogP contribution in [-0.4, -0.2) is 42.3 Å². The predicted octanol–water partition coefficient (Wildman–Crippen LogP) is 1.30. The average molecular weight is 250 g/mol. The van der Waals surface area contributed by atoms with Crippen molar-refractivity contribution in [2.75, 3.05) is 26.7 Å². The molecule has 0 aromatic carbocycles. The smallest absolute Gasteiger partial charge is 0.250 e. The lowest BCUT2D eigenvalue weighted by molar-refractivity contribution is -0.0284. The molecule has 0 amide bonds. The first-order valence-corrected chi connectivity index (χ1v) is 6.56. The van der Waals surface area contributed by atoms with Gasteiger partial charge in [-0.2, -0.15) is 0 Å². The summed E-state index contributed by atoms with van der Waals surface area (Å²) in [6, 6.07) is 3.83. The Kier molecular flexibility index (Phi) is 4.19. The summed E-state index contributed by atoms with van der Waals surface area (Å²) in [6.07, 6.45) is 3.39. The molecule has 0 saturated carbocycles. The number of methoxy groups -OCH3 is 1. The van der Waals surface area contributed by atoms with Crippen LogP contribution in [0.25, 0.3) is 0 Å². The van der Waals surface area contributed by atoms with E-state index in [9.17, 15) is 4.79 Å². The van der Waals surface area contributed by atoms with Crippen molar-refractivity contribution in [1.82, 2.24) is 9.47 Å². The van der Waals surface area contributed by atoms with E-state index in [1.165, 1.54) is 5.56 Å². The Morgan fingerprint density at radius 1 is 1.39 bits per heavy atom. The third-order valence-electron chi connectivity index (χ3n) is 3.53. The summed E-state index contributed by atoms with van der Waals surface area (Å²) < 4.78 is 7.04. The molecule has 1 aromatic rings. The molecule has 1 fully saturated rings. The number of pyridine rings is 1. The topological polar surface area (TPSA) is 34.5 Å². The SMILES string of the molecule is COC1CN(CCc2ccc(=O)n(C(C)C)c2)C1. The molecule has 0 aliphatic carbocycles. The number of nitrogens with zero attached hydrogens (tertiary/aromatic N) is 2. The lowest BCUT2D eigenvalue weighted by Crippen LogP contribution is -2.52. The van der Waals surface area contributed by atoms with Gasteiger partial charge in [0.15, 0.2) is 0 Å². The normalized spacial score (nSPS) is 17.1. The van der Waals surface area contributed by atoms with Crippen LogP contribution >= 0.6 is 0 Å². The molecule has 2 heterocycles. The summed E-state index contributed by atoms with van der Waals surface area (Å²) in [5, 5.41) is 0. The van der Waals surface area contributed by atoms with E-state index >= 15 is 0 Å². The lowest BCUT2D eigenvalue weighted by Gasteiger charge is -2.38. The van der Waals surface area contributed by atoms with Gasteiger partial charge in [0.05, 0.1) is 6.10 Å². The summed E-state index contributed by atoms with van der Waals surface area (Å²) in [7, 11) is 1.76. The fourth-order valence-electron chi connectivity index (χ4n) is 2.24. The van der Waals surface area contributed by atoms with Crippen LogP contribution in [0.2, 0.25) is 0 Å². The zero-order valence-corrected chi connectivity index (χ0v) is 11.4. The van der Waals surface area contributed by atoms with Crippen LogP contribution in [0.4, 0.5) is 0 Å². The molecule has 1 aliphatic heterocycles. The maximum absolute atomic E-state index is 11.6. The van der Waals surface area contributed by atoms with Crippen molar-refractivity contribution in [3.05, 3.63) is 34.2 Å². The molecule has 4 nitrogen and oxygen atoms in total. The highest BCUT2D eigenvalue weighted by Gasteiger charge is 2.25. The van der Waals surface area contributed by atoms with Crippen molar-refractivity contribution < 1.29 is 4.74 Å². The molecule has 2 rings (SSSR count). The Morgan fingerprint density at radius 2 is 2.11 bits per heavy atom. The highest BCUT2D eigenvalue weighted by molar-refractivity contribution is 5.11. The molecule has 0 N–H and O–H groups in total. The van der Waals surface area contributed by atoms with Crippen molar-refractivity contribution in [2.24, 2.45) is 0 Å². The Morgan fingerprint density at radius 3 is 2.72 bits per heavy atom. The fourth-order valence-corrected chi connectivity index (χ4v) is 2.24. The molecular formula is C14H22N2O2. The van der Waals surface area contributed by atoms with E-state index in [1.807, 2.05) is 26.1 Å². The van der Waals surface area contributed by atoms with Gasteiger partial charge in [-0.3, -0.25) is 9.69 Å². The van der Waals surface area contributed by atoms with Crippen LogP contribution < -0.4 is 5.56 Å². The van der Waals surface area contributed by atoms with Gasteiger partial charge in [0.2, 0.25) is 0 Å². The first-order chi connectivity index (χ1) is 8.60. The summed E-state index contributed by atoms with van der Waals surface area (Å²) in [5.74, 6) is 0. The molecular weight excluding hydrogens is 228 g/mol. The van der Waals surface area contributed by atoms with Gasteiger partial charge in [0, 0.05) is 45.0 Å². The van der Waals surface area contributed by atoms with Crippen molar-refractivity contribution in [1.29, 1.82) is 0 Å². The van der Waals surface area contributed by atoms with E-state index < -0.39 is 0 Å². The van der Waals surface area contributed by atoms with Crippen LogP contribution in [0.5, 0.6) is 0 Å². The van der Waals surface area contributed by atoms with Gasteiger partial charge in [0.1, 0.15) is 0 Å². The number of aromatic nitrogens is 1. The van der Waals surface area contributed by atoms with Crippen molar-refractivity contribution >= 4 is 0 Å². The Labute approximate surface area is 108 Å². The number of hydrogen-bond acceptors (Lipinski definition) is 3. The molecule has 1 aromatic heterocycles. The van der Waals surface area contributed by atoms with Crippen LogP contribution in [0.3, 0.4) is 0 Å². The standard InChI is InChI=1S/C14H22N2O2/c1-11(2)16-8-12(4-5-14(16)17)6-7-15-9-13(10-15)18-3/h4-5,8,11,13H,6-7,9-10H2,1-3H3. The van der Waals surface area contributed by atoms with E-state index in [2.05, 4.69) is 4.90 Å². The molecule has 18 heavy (non-hydrogen) atoms. The molecule has 100 valence electrons. The Bertz CT molecular complexity index is 447. The third kappa shape index (κ3) is 3.00. The zero-order valence-electron chi connectivity index (χ0n) is 11.4. The molecule has 1 aliphatic rings. The lowest BCUT2D eigenvalue weighted by atomic mass is 10.1. The van der Waals surface area contributed by atoms with E-state index in [-0.39, 0.29) is 11.6 Å². The molecule has 1 saturated heterocycles. The van der Waals surface area contributed by atoms with Gasteiger partial charge in [-0.25, -0.2) is 0 Å². The fraction of sp³-hybridized carbons (Fsp3) is 0.643. The maximum Gasteiger partial charge on any atom is 0.250 e. The second kappa shape index (κ2) is 5.67. The van der Waals surface area contributed by atoms with Gasteiger partial charge in [-0.05, 0) is 25.8 Å². The highest BCUT2D eigenvalue weighted by Crippen LogP contribution is 2.12. The summed E-state index contributed by atoms with van der Waals surface area (Å²) in [4.78, 5) is 14.0. The van der Waals surface area contributed by atoms with Crippen LogP contribution in [-0.2, 0) is 11.2 Å². The largest absolute Gasteiger partial charge is 0.379 e. The molecule has 0 atom stereocenters. The third-order valence-corrected chi connectivity index (χ3v) is 3.53. The van der Waals surface area contributed by atoms with E-state index in [1.54, 1.807) is 17.7 Å². The minimum absolute atomic E-state index is 0.0807. The molecule has 4 heteroatoms. The maximum atomic E-state index is 11.6. The number of hydrogen-bond donors (Lipinski definition) is 0. The first-order valence-electron chi connectivity index (χ1n) is 6.56. The van der Waals surface area contributed by atoms with Gasteiger partial charge in [-0.1, -0.05) is 6.07 Å². The summed E-state index contributed by atoms with van der Waals surface area (Å²) in [6.45, 7) is 7.16. The van der Waals surface area contributed by atoms with Crippen molar-refractivity contribution in [3.63, 3.8) is 0 Å². The van der Waals surface area contributed by atoms with E-state index in [0.29, 0.717) is 6.10 Å². The number of likely N-dealkylation sites (tertiary alicyclic amines) is 1. The van der Waals surface area contributed by atoms with E-state index in [4.69, 9.17) is 4.74 Å². The number of rotatable bonds is 5. The van der Waals surface area contributed by atoms with Crippen LogP contribution in [0.1, 0.15) is 25.5 Å². The van der Waals surface area contributed by atoms with Crippen LogP contribution in [0.15, 0.2) is 23.1 Å². The minimum Gasteiger partial charge on any atom is -0.379 e. The predicted molar refractivity (Wildman–Crippen MR) is 72.0 cm³/mol. The summed E-state index contributed by atoms with van der Waals surface area (Å²) >= 11 is 0. The Hall–Kier alpha value is -1.13. The monoisotopic (exact) mass is 250 g/mol. The molecule has 0 spiro atoms. The van der Waals surface area contributed by atoms with Crippen molar-refractivity contribution in [2.45, 2.75) is 32.4 Å². The zero-order chi connectivity index (χ0) is 13.1. The van der Waals surface area contributed by atoms with Gasteiger partial charge in [-0.15, -0.1) is 0 Å². The second-order valence-corrected chi connectivity index (χ2v) is 5.24. The summed E-state index contributed by atoms with van der Waals surface area (Å²) in [5.41, 5.74) is 1.31. The Balaban J connectivity index is 1.90. The molecule has 0 bridgehead atoms. The van der Waals surface area contributed by atoms with Gasteiger partial charge < -0.3 is 9.30 Å². The van der Waals surface area contributed by atoms with E-state index in [0.717, 1.165) is 26.1 Å². The molecule has 0 radical (unpaired) electrons. The average Bonchev–Trinajstić information content (AvgIpc) is 2.29. The van der Waals surface area contributed by atoms with Crippen LogP contribution in [0, 0.1) is 0 Å².